The minimum Gasteiger partial charge on any atom is -0.198 e. The molecule has 0 atom stereocenters. The summed E-state index contributed by atoms with van der Waals surface area (Å²) in [6.45, 7) is 2.25. The standard InChI is InChI=1S/C14H17N/c1-2-8-14(9-10-14)13-5-3-12(4-6-13)7-11-15/h3-6H,2,7-10H2,1H3. The Morgan fingerprint density at radius 3 is 2.40 bits per heavy atom. The lowest BCUT2D eigenvalue weighted by molar-refractivity contribution is 0.606. The van der Waals surface area contributed by atoms with E-state index in [2.05, 4.69) is 37.3 Å². The first kappa shape index (κ1) is 10.2. The minimum atomic E-state index is 0.500. The van der Waals surface area contributed by atoms with Crippen LogP contribution in [-0.4, -0.2) is 0 Å². The molecular formula is C14H17N. The molecule has 1 aliphatic carbocycles. The van der Waals surface area contributed by atoms with Gasteiger partial charge in [0.15, 0.2) is 0 Å². The number of nitrogens with zero attached hydrogens (tertiary/aromatic N) is 1. The highest BCUT2D eigenvalue weighted by molar-refractivity contribution is 5.34. The maximum atomic E-state index is 8.60. The third kappa shape index (κ3) is 2.04. The fourth-order valence-corrected chi connectivity index (χ4v) is 2.38. The van der Waals surface area contributed by atoms with Crippen molar-refractivity contribution in [3.8, 4) is 6.07 Å². The normalized spacial score (nSPS) is 17.1. The number of benzene rings is 1. The van der Waals surface area contributed by atoms with Crippen molar-refractivity contribution in [2.75, 3.05) is 0 Å². The van der Waals surface area contributed by atoms with E-state index in [1.807, 2.05) is 0 Å². The molecule has 2 rings (SSSR count). The molecule has 1 aliphatic rings. The van der Waals surface area contributed by atoms with Gasteiger partial charge >= 0.3 is 0 Å². The average molecular weight is 199 g/mol. The van der Waals surface area contributed by atoms with Crippen LogP contribution >= 0.6 is 0 Å². The van der Waals surface area contributed by atoms with Gasteiger partial charge in [0.1, 0.15) is 0 Å². The number of nitriles is 1. The second-order valence-corrected chi connectivity index (χ2v) is 4.56. The molecule has 0 unspecified atom stereocenters. The third-order valence-corrected chi connectivity index (χ3v) is 3.43. The minimum absolute atomic E-state index is 0.500. The largest absolute Gasteiger partial charge is 0.198 e. The van der Waals surface area contributed by atoms with Gasteiger partial charge < -0.3 is 0 Å². The van der Waals surface area contributed by atoms with Crippen LogP contribution in [0.25, 0.3) is 0 Å². The topological polar surface area (TPSA) is 23.8 Å². The molecule has 1 aromatic carbocycles. The quantitative estimate of drug-likeness (QED) is 0.727. The number of hydrogen-bond donors (Lipinski definition) is 0. The molecule has 0 heterocycles. The van der Waals surface area contributed by atoms with E-state index in [0.29, 0.717) is 11.8 Å². The summed E-state index contributed by atoms with van der Waals surface area (Å²) in [7, 11) is 0. The molecular weight excluding hydrogens is 182 g/mol. The van der Waals surface area contributed by atoms with E-state index in [4.69, 9.17) is 5.26 Å². The molecule has 0 saturated heterocycles. The van der Waals surface area contributed by atoms with Crippen molar-refractivity contribution in [3.05, 3.63) is 35.4 Å². The number of rotatable bonds is 4. The molecule has 0 aromatic heterocycles. The first-order chi connectivity index (χ1) is 7.30. The lowest BCUT2D eigenvalue weighted by atomic mass is 9.90. The van der Waals surface area contributed by atoms with Gasteiger partial charge in [0.25, 0.3) is 0 Å². The van der Waals surface area contributed by atoms with Gasteiger partial charge in [-0.1, -0.05) is 37.6 Å². The lowest BCUT2D eigenvalue weighted by Crippen LogP contribution is -2.05. The molecule has 1 heteroatoms. The van der Waals surface area contributed by atoms with Gasteiger partial charge in [-0.05, 0) is 35.8 Å². The summed E-state index contributed by atoms with van der Waals surface area (Å²) < 4.78 is 0. The molecule has 0 radical (unpaired) electrons. The predicted molar refractivity (Wildman–Crippen MR) is 61.6 cm³/mol. The first-order valence-electron chi connectivity index (χ1n) is 5.77. The highest BCUT2D eigenvalue weighted by Crippen LogP contribution is 2.51. The molecule has 78 valence electrons. The van der Waals surface area contributed by atoms with Crippen molar-refractivity contribution >= 4 is 0 Å². The predicted octanol–water partition coefficient (Wildman–Crippen LogP) is 3.58. The first-order valence-corrected chi connectivity index (χ1v) is 5.77. The van der Waals surface area contributed by atoms with E-state index in [1.165, 1.54) is 31.2 Å². The Labute approximate surface area is 91.7 Å². The van der Waals surface area contributed by atoms with Crippen LogP contribution in [0, 0.1) is 11.3 Å². The highest BCUT2D eigenvalue weighted by Gasteiger charge is 2.42. The van der Waals surface area contributed by atoms with Crippen LogP contribution in [0.5, 0.6) is 0 Å². The van der Waals surface area contributed by atoms with Crippen molar-refractivity contribution in [1.29, 1.82) is 5.26 Å². The van der Waals surface area contributed by atoms with Gasteiger partial charge in [-0.15, -0.1) is 0 Å². The Hall–Kier alpha value is -1.29. The van der Waals surface area contributed by atoms with Gasteiger partial charge in [0, 0.05) is 0 Å². The molecule has 1 aromatic rings. The van der Waals surface area contributed by atoms with Crippen LogP contribution in [0.3, 0.4) is 0 Å². The Bertz CT molecular complexity index is 365. The summed E-state index contributed by atoms with van der Waals surface area (Å²) in [6.07, 6.45) is 5.79. The monoisotopic (exact) mass is 199 g/mol. The number of hydrogen-bond acceptors (Lipinski definition) is 1. The molecule has 0 spiro atoms. The Morgan fingerprint density at radius 2 is 1.93 bits per heavy atom. The van der Waals surface area contributed by atoms with Gasteiger partial charge in [0.05, 0.1) is 12.5 Å². The van der Waals surface area contributed by atoms with Crippen molar-refractivity contribution in [2.45, 2.75) is 44.4 Å². The van der Waals surface area contributed by atoms with Gasteiger partial charge in [-0.3, -0.25) is 0 Å². The van der Waals surface area contributed by atoms with E-state index in [9.17, 15) is 0 Å². The summed E-state index contributed by atoms with van der Waals surface area (Å²) in [4.78, 5) is 0. The molecule has 0 N–H and O–H groups in total. The van der Waals surface area contributed by atoms with Crippen LogP contribution in [0.15, 0.2) is 24.3 Å². The van der Waals surface area contributed by atoms with Crippen LogP contribution in [0.4, 0.5) is 0 Å². The molecule has 0 bridgehead atoms. The van der Waals surface area contributed by atoms with E-state index in [-0.39, 0.29) is 0 Å². The van der Waals surface area contributed by atoms with Gasteiger partial charge in [-0.2, -0.15) is 5.26 Å². The van der Waals surface area contributed by atoms with E-state index in [0.717, 1.165) is 5.56 Å². The van der Waals surface area contributed by atoms with E-state index >= 15 is 0 Å². The maximum Gasteiger partial charge on any atom is 0.0669 e. The van der Waals surface area contributed by atoms with E-state index < -0.39 is 0 Å². The Kier molecular flexibility index (Phi) is 2.77. The SMILES string of the molecule is CCCC1(c2ccc(CC#N)cc2)CC1. The smallest absolute Gasteiger partial charge is 0.0669 e. The summed E-state index contributed by atoms with van der Waals surface area (Å²) in [6, 6.07) is 10.8. The molecule has 0 aliphatic heterocycles. The average Bonchev–Trinajstić information content (AvgIpc) is 3.01. The zero-order valence-electron chi connectivity index (χ0n) is 9.29. The lowest BCUT2D eigenvalue weighted by Gasteiger charge is -2.14. The van der Waals surface area contributed by atoms with Gasteiger partial charge in [0.2, 0.25) is 0 Å². The van der Waals surface area contributed by atoms with Gasteiger partial charge in [-0.25, -0.2) is 0 Å². The fraction of sp³-hybridized carbons (Fsp3) is 0.500. The zero-order chi connectivity index (χ0) is 10.7. The van der Waals surface area contributed by atoms with Crippen molar-refractivity contribution in [1.82, 2.24) is 0 Å². The fourth-order valence-electron chi connectivity index (χ4n) is 2.38. The Balaban J connectivity index is 2.14. The van der Waals surface area contributed by atoms with Crippen molar-refractivity contribution < 1.29 is 0 Å². The summed E-state index contributed by atoms with van der Waals surface area (Å²) in [5, 5.41) is 8.60. The summed E-state index contributed by atoms with van der Waals surface area (Å²) >= 11 is 0. The second-order valence-electron chi connectivity index (χ2n) is 4.56. The highest BCUT2D eigenvalue weighted by atomic mass is 14.5. The van der Waals surface area contributed by atoms with Crippen LogP contribution in [-0.2, 0) is 11.8 Å². The molecule has 15 heavy (non-hydrogen) atoms. The van der Waals surface area contributed by atoms with Crippen molar-refractivity contribution in [3.63, 3.8) is 0 Å². The van der Waals surface area contributed by atoms with Crippen LogP contribution in [0.2, 0.25) is 0 Å². The van der Waals surface area contributed by atoms with E-state index in [1.54, 1.807) is 0 Å². The van der Waals surface area contributed by atoms with Crippen LogP contribution < -0.4 is 0 Å². The Morgan fingerprint density at radius 1 is 1.27 bits per heavy atom. The summed E-state index contributed by atoms with van der Waals surface area (Å²) in [5.74, 6) is 0. The molecule has 1 saturated carbocycles. The summed E-state index contributed by atoms with van der Waals surface area (Å²) in [5.41, 5.74) is 3.11. The molecule has 1 fully saturated rings. The zero-order valence-corrected chi connectivity index (χ0v) is 9.29. The molecule has 0 amide bonds. The third-order valence-electron chi connectivity index (χ3n) is 3.43. The maximum absolute atomic E-state index is 8.60. The van der Waals surface area contributed by atoms with Crippen molar-refractivity contribution in [2.24, 2.45) is 0 Å². The van der Waals surface area contributed by atoms with Crippen LogP contribution in [0.1, 0.15) is 43.7 Å². The second kappa shape index (κ2) is 4.06. The molecule has 1 nitrogen and oxygen atoms in total.